The molecule has 1 unspecified atom stereocenters. The van der Waals surface area contributed by atoms with Crippen LogP contribution in [0.15, 0.2) is 29.6 Å². The van der Waals surface area contributed by atoms with Crippen LogP contribution in [-0.4, -0.2) is 36.2 Å². The second-order valence-electron chi connectivity index (χ2n) is 5.41. The predicted octanol–water partition coefficient (Wildman–Crippen LogP) is 3.77. The molecule has 0 bridgehead atoms. The van der Waals surface area contributed by atoms with Gasteiger partial charge in [-0.25, -0.2) is 4.98 Å². The van der Waals surface area contributed by atoms with Crippen LogP contribution in [0.2, 0.25) is 0 Å². The zero-order chi connectivity index (χ0) is 14.7. The summed E-state index contributed by atoms with van der Waals surface area (Å²) in [6.45, 7) is 2.70. The summed E-state index contributed by atoms with van der Waals surface area (Å²) < 4.78 is 5.45. The summed E-state index contributed by atoms with van der Waals surface area (Å²) in [5, 5.41) is 3.05. The minimum Gasteiger partial charge on any atom is -0.380 e. The molecule has 1 saturated heterocycles. The van der Waals surface area contributed by atoms with Gasteiger partial charge in [0.2, 0.25) is 0 Å². The highest BCUT2D eigenvalue weighted by atomic mass is 35.5. The third-order valence-electron chi connectivity index (χ3n) is 3.85. The van der Waals surface area contributed by atoms with E-state index >= 15 is 0 Å². The van der Waals surface area contributed by atoms with E-state index in [-0.39, 0.29) is 0 Å². The first-order valence-electron chi connectivity index (χ1n) is 7.14. The number of nitrogens with zero attached hydrogens (tertiary/aromatic N) is 2. The Kier molecular flexibility index (Phi) is 4.91. The van der Waals surface area contributed by atoms with Crippen molar-refractivity contribution in [2.24, 2.45) is 0 Å². The van der Waals surface area contributed by atoms with E-state index in [4.69, 9.17) is 16.3 Å². The summed E-state index contributed by atoms with van der Waals surface area (Å²) in [7, 11) is 2.17. The van der Waals surface area contributed by atoms with Gasteiger partial charge in [0.25, 0.3) is 0 Å². The Labute approximate surface area is 134 Å². The Morgan fingerprint density at radius 2 is 2.19 bits per heavy atom. The average Bonchev–Trinajstić information content (AvgIpc) is 3.19. The van der Waals surface area contributed by atoms with Crippen LogP contribution in [-0.2, 0) is 17.2 Å². The molecule has 1 aliphatic rings. The lowest BCUT2D eigenvalue weighted by Crippen LogP contribution is -2.31. The van der Waals surface area contributed by atoms with Crippen LogP contribution in [0.4, 0.5) is 0 Å². The van der Waals surface area contributed by atoms with Crippen LogP contribution in [0.1, 0.15) is 17.7 Å². The van der Waals surface area contributed by atoms with Gasteiger partial charge in [0.1, 0.15) is 5.01 Å². The van der Waals surface area contributed by atoms with Crippen LogP contribution < -0.4 is 0 Å². The number of hydrogen-bond donors (Lipinski definition) is 0. The highest BCUT2D eigenvalue weighted by molar-refractivity contribution is 7.13. The Morgan fingerprint density at radius 1 is 1.38 bits per heavy atom. The quantitative estimate of drug-likeness (QED) is 0.784. The molecular weight excluding hydrogens is 304 g/mol. The third kappa shape index (κ3) is 3.64. The first kappa shape index (κ1) is 15.0. The van der Waals surface area contributed by atoms with E-state index in [2.05, 4.69) is 41.2 Å². The number of alkyl halides is 1. The van der Waals surface area contributed by atoms with Crippen molar-refractivity contribution in [2.75, 3.05) is 20.3 Å². The molecule has 3 rings (SSSR count). The largest absolute Gasteiger partial charge is 0.380 e. The smallest absolute Gasteiger partial charge is 0.123 e. The molecule has 112 valence electrons. The molecule has 0 radical (unpaired) electrons. The SMILES string of the molecule is CN(Cc1ccc(-c2nc(CCl)cs2)cc1)C1CCOC1. The van der Waals surface area contributed by atoms with Gasteiger partial charge in [-0.05, 0) is 19.0 Å². The molecule has 5 heteroatoms. The van der Waals surface area contributed by atoms with Gasteiger partial charge in [0.15, 0.2) is 0 Å². The van der Waals surface area contributed by atoms with Crippen LogP contribution in [0.5, 0.6) is 0 Å². The zero-order valence-corrected chi connectivity index (χ0v) is 13.7. The van der Waals surface area contributed by atoms with Crippen molar-refractivity contribution in [3.05, 3.63) is 40.9 Å². The first-order chi connectivity index (χ1) is 10.3. The summed E-state index contributed by atoms with van der Waals surface area (Å²) in [6.07, 6.45) is 1.13. The van der Waals surface area contributed by atoms with Gasteiger partial charge in [-0.1, -0.05) is 24.3 Å². The molecular formula is C16H19ClN2OS. The summed E-state index contributed by atoms with van der Waals surface area (Å²) in [5.41, 5.74) is 3.43. The predicted molar refractivity (Wildman–Crippen MR) is 87.8 cm³/mol. The monoisotopic (exact) mass is 322 g/mol. The fourth-order valence-electron chi connectivity index (χ4n) is 2.54. The molecule has 0 amide bonds. The lowest BCUT2D eigenvalue weighted by molar-refractivity contribution is 0.156. The molecule has 21 heavy (non-hydrogen) atoms. The van der Waals surface area contributed by atoms with E-state index in [1.54, 1.807) is 11.3 Å². The molecule has 0 aliphatic carbocycles. The second-order valence-corrected chi connectivity index (χ2v) is 6.53. The number of ether oxygens (including phenoxy) is 1. The normalized spacial score (nSPS) is 18.5. The number of halogens is 1. The number of aromatic nitrogens is 1. The van der Waals surface area contributed by atoms with Gasteiger partial charge in [-0.15, -0.1) is 22.9 Å². The molecule has 0 spiro atoms. The minimum absolute atomic E-state index is 0.475. The van der Waals surface area contributed by atoms with Crippen LogP contribution in [0.25, 0.3) is 10.6 Å². The van der Waals surface area contributed by atoms with Gasteiger partial charge < -0.3 is 4.74 Å². The van der Waals surface area contributed by atoms with Gasteiger partial charge in [0.05, 0.1) is 18.2 Å². The Bertz CT molecular complexity index is 578. The fraction of sp³-hybridized carbons (Fsp3) is 0.438. The van der Waals surface area contributed by atoms with Gasteiger partial charge in [-0.2, -0.15) is 0 Å². The van der Waals surface area contributed by atoms with E-state index in [1.807, 2.05) is 5.38 Å². The van der Waals surface area contributed by atoms with Gasteiger partial charge in [0, 0.05) is 30.1 Å². The molecule has 1 fully saturated rings. The standard InChI is InChI=1S/C16H19ClN2OS/c1-19(15-6-7-20-10-15)9-12-2-4-13(5-3-12)16-18-14(8-17)11-21-16/h2-5,11,15H,6-10H2,1H3. The molecule has 1 aromatic carbocycles. The number of thiazole rings is 1. The number of hydrogen-bond acceptors (Lipinski definition) is 4. The highest BCUT2D eigenvalue weighted by Crippen LogP contribution is 2.25. The Balaban J connectivity index is 1.66. The number of likely N-dealkylation sites (N-methyl/N-ethyl adjacent to an activating group) is 1. The van der Waals surface area contributed by atoms with Crippen LogP contribution >= 0.6 is 22.9 Å². The second kappa shape index (κ2) is 6.88. The van der Waals surface area contributed by atoms with Crippen molar-refractivity contribution < 1.29 is 4.74 Å². The fourth-order valence-corrected chi connectivity index (χ4v) is 3.59. The first-order valence-corrected chi connectivity index (χ1v) is 8.55. The summed E-state index contributed by atoms with van der Waals surface area (Å²) in [6, 6.07) is 9.21. The third-order valence-corrected chi connectivity index (χ3v) is 5.06. The summed E-state index contributed by atoms with van der Waals surface area (Å²) in [4.78, 5) is 6.88. The zero-order valence-electron chi connectivity index (χ0n) is 12.1. The minimum atomic E-state index is 0.475. The van der Waals surface area contributed by atoms with E-state index in [0.29, 0.717) is 11.9 Å². The van der Waals surface area contributed by atoms with Gasteiger partial charge in [-0.3, -0.25) is 4.90 Å². The van der Waals surface area contributed by atoms with Crippen LogP contribution in [0, 0.1) is 0 Å². The lowest BCUT2D eigenvalue weighted by Gasteiger charge is -2.22. The molecule has 0 N–H and O–H groups in total. The summed E-state index contributed by atoms with van der Waals surface area (Å²) >= 11 is 7.45. The number of benzene rings is 1. The van der Waals surface area contributed by atoms with Crippen molar-refractivity contribution in [1.29, 1.82) is 0 Å². The molecule has 1 aliphatic heterocycles. The Hall–Kier alpha value is -0.940. The van der Waals surface area contributed by atoms with Crippen LogP contribution in [0.3, 0.4) is 0 Å². The average molecular weight is 323 g/mol. The van der Waals surface area contributed by atoms with Crippen molar-refractivity contribution in [3.8, 4) is 10.6 Å². The van der Waals surface area contributed by atoms with E-state index in [1.165, 1.54) is 5.56 Å². The van der Waals surface area contributed by atoms with Crippen molar-refractivity contribution in [2.45, 2.75) is 24.9 Å². The molecule has 1 atom stereocenters. The van der Waals surface area contributed by atoms with E-state index < -0.39 is 0 Å². The topological polar surface area (TPSA) is 25.4 Å². The molecule has 2 aromatic rings. The molecule has 3 nitrogen and oxygen atoms in total. The van der Waals surface area contributed by atoms with Crippen molar-refractivity contribution >= 4 is 22.9 Å². The highest BCUT2D eigenvalue weighted by Gasteiger charge is 2.20. The lowest BCUT2D eigenvalue weighted by atomic mass is 10.1. The van der Waals surface area contributed by atoms with Crippen molar-refractivity contribution in [3.63, 3.8) is 0 Å². The summed E-state index contributed by atoms with van der Waals surface area (Å²) in [5.74, 6) is 0.475. The van der Waals surface area contributed by atoms with Crippen molar-refractivity contribution in [1.82, 2.24) is 9.88 Å². The van der Waals surface area contributed by atoms with E-state index in [0.717, 1.165) is 42.4 Å². The maximum absolute atomic E-state index is 5.80. The molecule has 0 saturated carbocycles. The van der Waals surface area contributed by atoms with Gasteiger partial charge >= 0.3 is 0 Å². The molecule has 1 aromatic heterocycles. The maximum atomic E-state index is 5.80. The Morgan fingerprint density at radius 3 is 2.81 bits per heavy atom. The maximum Gasteiger partial charge on any atom is 0.123 e. The number of rotatable bonds is 5. The van der Waals surface area contributed by atoms with E-state index in [9.17, 15) is 0 Å². The molecule has 2 heterocycles.